The zero-order chi connectivity index (χ0) is 23.4. The Bertz CT molecular complexity index is 1340. The van der Waals surface area contributed by atoms with Crippen LogP contribution in [0.2, 0.25) is 5.02 Å². The van der Waals surface area contributed by atoms with E-state index in [4.69, 9.17) is 20.8 Å². The molecule has 2 atom stereocenters. The summed E-state index contributed by atoms with van der Waals surface area (Å²) in [6.07, 6.45) is 4.47. The molecule has 2 aliphatic heterocycles. The molecule has 1 N–H and O–H groups in total. The van der Waals surface area contributed by atoms with E-state index in [0.717, 1.165) is 32.4 Å². The Morgan fingerprint density at radius 3 is 2.53 bits per heavy atom. The molecule has 1 saturated carbocycles. The molecule has 1 amide bonds. The molecule has 2 saturated heterocycles. The van der Waals surface area contributed by atoms with Crippen LogP contribution in [-0.4, -0.2) is 41.6 Å². The molecule has 3 aliphatic rings. The highest BCUT2D eigenvalue weighted by molar-refractivity contribution is 6.33. The number of hydrogen-bond donors (Lipinski definition) is 1. The van der Waals surface area contributed by atoms with Crippen molar-refractivity contribution in [3.05, 3.63) is 63.7 Å². The van der Waals surface area contributed by atoms with E-state index in [1.54, 1.807) is 24.3 Å². The number of carbonyl (C=O) groups excluding carboxylic acids is 1. The van der Waals surface area contributed by atoms with Gasteiger partial charge < -0.3 is 19.4 Å². The van der Waals surface area contributed by atoms with Crippen LogP contribution >= 0.6 is 11.6 Å². The fourth-order valence-corrected chi connectivity index (χ4v) is 5.74. The van der Waals surface area contributed by atoms with Gasteiger partial charge in [0.05, 0.1) is 5.02 Å². The summed E-state index contributed by atoms with van der Waals surface area (Å²) in [5.41, 5.74) is -0.0155. The minimum Gasteiger partial charge on any atom is -0.477 e. The Kier molecular flexibility index (Phi) is 5.15. The molecule has 2 unspecified atom stereocenters. The number of amides is 1. The molecular formula is C26H24ClFN2O4. The van der Waals surface area contributed by atoms with Gasteiger partial charge in [-0.2, -0.15) is 0 Å². The van der Waals surface area contributed by atoms with Crippen LogP contribution in [0, 0.1) is 5.82 Å². The van der Waals surface area contributed by atoms with Gasteiger partial charge in [0, 0.05) is 53.8 Å². The normalized spacial score (nSPS) is 23.1. The molecule has 3 heterocycles. The fourth-order valence-electron chi connectivity index (χ4n) is 5.47. The Morgan fingerprint density at radius 2 is 1.85 bits per heavy atom. The van der Waals surface area contributed by atoms with Crippen molar-refractivity contribution >= 4 is 28.5 Å². The van der Waals surface area contributed by atoms with E-state index < -0.39 is 17.0 Å². The molecule has 1 aliphatic carbocycles. The Morgan fingerprint density at radius 1 is 1.09 bits per heavy atom. The SMILES string of the molecule is O=C(N1CC2CCC(C1)N2)C1(Oc2ccc3c(-c4ccc(F)cc4Cl)cc(=O)oc3c2)CCC1. The van der Waals surface area contributed by atoms with E-state index in [2.05, 4.69) is 5.32 Å². The lowest BCUT2D eigenvalue weighted by molar-refractivity contribution is -0.157. The largest absolute Gasteiger partial charge is 0.477 e. The number of halogens is 2. The summed E-state index contributed by atoms with van der Waals surface area (Å²) >= 11 is 6.25. The monoisotopic (exact) mass is 482 g/mol. The third-order valence-corrected chi connectivity index (χ3v) is 7.62. The number of carbonyl (C=O) groups is 1. The highest BCUT2D eigenvalue weighted by Crippen LogP contribution is 2.41. The smallest absolute Gasteiger partial charge is 0.336 e. The van der Waals surface area contributed by atoms with E-state index in [1.807, 2.05) is 4.90 Å². The van der Waals surface area contributed by atoms with Crippen molar-refractivity contribution in [3.63, 3.8) is 0 Å². The van der Waals surface area contributed by atoms with Crippen molar-refractivity contribution in [1.82, 2.24) is 10.2 Å². The van der Waals surface area contributed by atoms with Crippen LogP contribution in [0.3, 0.4) is 0 Å². The zero-order valence-electron chi connectivity index (χ0n) is 18.5. The van der Waals surface area contributed by atoms with Gasteiger partial charge in [-0.1, -0.05) is 11.6 Å². The quantitative estimate of drug-likeness (QED) is 0.554. The van der Waals surface area contributed by atoms with Gasteiger partial charge >= 0.3 is 5.63 Å². The predicted octanol–water partition coefficient (Wildman–Crippen LogP) is 4.52. The molecule has 34 heavy (non-hydrogen) atoms. The molecular weight excluding hydrogens is 459 g/mol. The summed E-state index contributed by atoms with van der Waals surface area (Å²) in [7, 11) is 0. The number of piperazine rings is 1. The second-order valence-electron chi connectivity index (χ2n) is 9.56. The van der Waals surface area contributed by atoms with Crippen LogP contribution in [0.25, 0.3) is 22.1 Å². The van der Waals surface area contributed by atoms with Crippen molar-refractivity contribution in [2.75, 3.05) is 13.1 Å². The van der Waals surface area contributed by atoms with E-state index in [9.17, 15) is 14.0 Å². The lowest BCUT2D eigenvalue weighted by Crippen LogP contribution is -2.62. The van der Waals surface area contributed by atoms with Gasteiger partial charge in [-0.05, 0) is 62.4 Å². The Balaban J connectivity index is 1.32. The average Bonchev–Trinajstić information content (AvgIpc) is 3.12. The van der Waals surface area contributed by atoms with E-state index >= 15 is 0 Å². The molecule has 0 spiro atoms. The van der Waals surface area contributed by atoms with Crippen molar-refractivity contribution in [1.29, 1.82) is 0 Å². The molecule has 8 heteroatoms. The summed E-state index contributed by atoms with van der Waals surface area (Å²) in [5.74, 6) is 0.0689. The summed E-state index contributed by atoms with van der Waals surface area (Å²) in [6.45, 7) is 1.43. The first-order valence-corrected chi connectivity index (χ1v) is 12.1. The van der Waals surface area contributed by atoms with Crippen molar-refractivity contribution < 1.29 is 18.3 Å². The predicted molar refractivity (Wildman–Crippen MR) is 127 cm³/mol. The first-order chi connectivity index (χ1) is 16.4. The number of rotatable bonds is 4. The van der Waals surface area contributed by atoms with Gasteiger partial charge in [-0.25, -0.2) is 9.18 Å². The minimum absolute atomic E-state index is 0.0468. The van der Waals surface area contributed by atoms with Crippen LogP contribution in [0.5, 0.6) is 5.75 Å². The third-order valence-electron chi connectivity index (χ3n) is 7.31. The summed E-state index contributed by atoms with van der Waals surface area (Å²) in [5, 5.41) is 4.41. The molecule has 176 valence electrons. The summed E-state index contributed by atoms with van der Waals surface area (Å²) < 4.78 is 25.3. The molecule has 3 aromatic rings. The first-order valence-electron chi connectivity index (χ1n) is 11.7. The number of ether oxygens (including phenoxy) is 1. The molecule has 3 fully saturated rings. The van der Waals surface area contributed by atoms with Gasteiger partial charge in [-0.15, -0.1) is 0 Å². The molecule has 2 aromatic carbocycles. The molecule has 2 bridgehead atoms. The molecule has 6 nitrogen and oxygen atoms in total. The Labute approximate surface area is 200 Å². The van der Waals surface area contributed by atoms with Crippen LogP contribution in [-0.2, 0) is 4.79 Å². The number of likely N-dealkylation sites (tertiary alicyclic amines) is 1. The summed E-state index contributed by atoms with van der Waals surface area (Å²) in [4.78, 5) is 27.8. The van der Waals surface area contributed by atoms with Gasteiger partial charge in [0.25, 0.3) is 5.91 Å². The number of benzene rings is 2. The molecule has 6 rings (SSSR count). The van der Waals surface area contributed by atoms with Gasteiger partial charge in [0.1, 0.15) is 17.1 Å². The number of hydrogen-bond acceptors (Lipinski definition) is 5. The third kappa shape index (κ3) is 3.67. The topological polar surface area (TPSA) is 71.8 Å². The zero-order valence-corrected chi connectivity index (χ0v) is 19.2. The average molecular weight is 483 g/mol. The maximum Gasteiger partial charge on any atom is 0.336 e. The lowest BCUT2D eigenvalue weighted by atomic mass is 9.78. The van der Waals surface area contributed by atoms with Gasteiger partial charge in [0.2, 0.25) is 0 Å². The van der Waals surface area contributed by atoms with Crippen LogP contribution in [0.4, 0.5) is 4.39 Å². The maximum absolute atomic E-state index is 13.5. The second-order valence-corrected chi connectivity index (χ2v) is 9.97. The van der Waals surface area contributed by atoms with Crippen LogP contribution in [0.15, 0.2) is 51.7 Å². The van der Waals surface area contributed by atoms with Crippen molar-refractivity contribution in [2.45, 2.75) is 49.8 Å². The van der Waals surface area contributed by atoms with Gasteiger partial charge in [-0.3, -0.25) is 4.79 Å². The van der Waals surface area contributed by atoms with Crippen LogP contribution in [0.1, 0.15) is 32.1 Å². The van der Waals surface area contributed by atoms with E-state index in [0.29, 0.717) is 52.8 Å². The van der Waals surface area contributed by atoms with E-state index in [1.165, 1.54) is 18.2 Å². The second kappa shape index (κ2) is 8.10. The van der Waals surface area contributed by atoms with Crippen molar-refractivity contribution in [2.24, 2.45) is 0 Å². The highest BCUT2D eigenvalue weighted by Gasteiger charge is 2.50. The fraction of sp³-hybridized carbons (Fsp3) is 0.385. The number of nitrogens with zero attached hydrogens (tertiary/aromatic N) is 1. The maximum atomic E-state index is 13.5. The van der Waals surface area contributed by atoms with Gasteiger partial charge in [0.15, 0.2) is 5.60 Å². The van der Waals surface area contributed by atoms with Crippen LogP contribution < -0.4 is 15.7 Å². The summed E-state index contributed by atoms with van der Waals surface area (Å²) in [6, 6.07) is 11.3. The van der Waals surface area contributed by atoms with Crippen molar-refractivity contribution in [3.8, 4) is 16.9 Å². The first kappa shape index (κ1) is 21.6. The minimum atomic E-state index is -0.872. The van der Waals surface area contributed by atoms with E-state index in [-0.39, 0.29) is 10.9 Å². The lowest BCUT2D eigenvalue weighted by Gasteiger charge is -2.45. The molecule has 1 aromatic heterocycles. The standard InChI is InChI=1S/C26H24ClFN2O4/c27-22-10-15(28)2-6-19(22)21-12-24(31)33-23-11-18(5-7-20(21)23)34-26(8-1-9-26)25(32)30-13-16-3-4-17(14-30)29-16/h2,5-7,10-12,16-17,29H,1,3-4,8-9,13-14H2. The molecule has 0 radical (unpaired) electrons. The number of fused-ring (bicyclic) bond motifs is 3. The Hall–Kier alpha value is -2.90. The number of nitrogens with one attached hydrogen (secondary N) is 1. The highest BCUT2D eigenvalue weighted by atomic mass is 35.5.